The molecule has 1 heterocycles. The highest BCUT2D eigenvalue weighted by molar-refractivity contribution is 7.99. The fourth-order valence-electron chi connectivity index (χ4n) is 3.18. The number of nitriles is 1. The van der Waals surface area contributed by atoms with Crippen LogP contribution in [0.15, 0.2) is 34.2 Å². The number of hydrogen-bond acceptors (Lipinski definition) is 4. The molecule has 0 aliphatic heterocycles. The summed E-state index contributed by atoms with van der Waals surface area (Å²) in [6, 6.07) is 10.1. The Morgan fingerprint density at radius 3 is 2.83 bits per heavy atom. The summed E-state index contributed by atoms with van der Waals surface area (Å²) in [7, 11) is 0. The number of rotatable bonds is 6. The summed E-state index contributed by atoms with van der Waals surface area (Å²) in [6.07, 6.45) is 7.01. The molecule has 1 saturated carbocycles. The molecule has 1 aromatic heterocycles. The van der Waals surface area contributed by atoms with Crippen LogP contribution >= 0.6 is 11.8 Å². The smallest absolute Gasteiger partial charge is 0.262 e. The summed E-state index contributed by atoms with van der Waals surface area (Å²) in [5, 5.41) is 10.2. The molecule has 4 nitrogen and oxygen atoms in total. The molecule has 0 saturated heterocycles. The van der Waals surface area contributed by atoms with E-state index in [1.165, 1.54) is 12.8 Å². The van der Waals surface area contributed by atoms with Gasteiger partial charge in [-0.3, -0.25) is 9.36 Å². The molecule has 1 aliphatic rings. The summed E-state index contributed by atoms with van der Waals surface area (Å²) in [4.78, 5) is 17.7. The van der Waals surface area contributed by atoms with E-state index in [9.17, 15) is 4.79 Å². The molecule has 0 amide bonds. The normalized spacial score (nSPS) is 15.1. The van der Waals surface area contributed by atoms with Crippen molar-refractivity contribution in [2.24, 2.45) is 0 Å². The first-order valence-electron chi connectivity index (χ1n) is 8.32. The third kappa shape index (κ3) is 3.59. The monoisotopic (exact) mass is 327 g/mol. The van der Waals surface area contributed by atoms with Gasteiger partial charge in [0.1, 0.15) is 0 Å². The van der Waals surface area contributed by atoms with Crippen molar-refractivity contribution in [2.75, 3.05) is 5.75 Å². The Hall–Kier alpha value is -1.80. The van der Waals surface area contributed by atoms with Gasteiger partial charge in [0.15, 0.2) is 5.16 Å². The standard InChI is InChI=1S/C18H21N3OS/c19-12-6-1-7-13-23-18-20-16-11-5-4-10-15(16)17(22)21(18)14-8-2-3-9-14/h4-5,10-11,14H,1-3,6-9,13H2. The number of thioether (sulfide) groups is 1. The van der Waals surface area contributed by atoms with Gasteiger partial charge in [0.05, 0.1) is 17.0 Å². The van der Waals surface area contributed by atoms with Crippen molar-refractivity contribution < 1.29 is 0 Å². The predicted octanol–water partition coefficient (Wildman–Crippen LogP) is 4.30. The Bertz CT molecular complexity index is 772. The molecular formula is C18H21N3OS. The molecule has 0 atom stereocenters. The number of fused-ring (bicyclic) bond motifs is 1. The van der Waals surface area contributed by atoms with Crippen LogP contribution < -0.4 is 5.56 Å². The summed E-state index contributed by atoms with van der Waals surface area (Å²) < 4.78 is 1.93. The maximum absolute atomic E-state index is 12.9. The van der Waals surface area contributed by atoms with Gasteiger partial charge in [-0.1, -0.05) is 36.7 Å². The third-order valence-corrected chi connectivity index (χ3v) is 5.42. The maximum atomic E-state index is 12.9. The summed E-state index contributed by atoms with van der Waals surface area (Å²) in [5.41, 5.74) is 0.883. The first kappa shape index (κ1) is 16.1. The minimum Gasteiger partial charge on any atom is -0.284 e. The minimum absolute atomic E-state index is 0.0991. The molecule has 1 aromatic carbocycles. The highest BCUT2D eigenvalue weighted by atomic mass is 32.2. The van der Waals surface area contributed by atoms with Gasteiger partial charge in [-0.2, -0.15) is 5.26 Å². The zero-order chi connectivity index (χ0) is 16.1. The van der Waals surface area contributed by atoms with E-state index in [-0.39, 0.29) is 5.56 Å². The number of aromatic nitrogens is 2. The van der Waals surface area contributed by atoms with E-state index >= 15 is 0 Å². The van der Waals surface area contributed by atoms with E-state index in [0.717, 1.165) is 42.1 Å². The Morgan fingerprint density at radius 2 is 2.04 bits per heavy atom. The highest BCUT2D eigenvalue weighted by Gasteiger charge is 2.22. The first-order valence-corrected chi connectivity index (χ1v) is 9.31. The van der Waals surface area contributed by atoms with Gasteiger partial charge < -0.3 is 0 Å². The molecule has 5 heteroatoms. The highest BCUT2D eigenvalue weighted by Crippen LogP contribution is 2.32. The minimum atomic E-state index is 0.0991. The van der Waals surface area contributed by atoms with Crippen molar-refractivity contribution in [3.05, 3.63) is 34.6 Å². The fourth-order valence-corrected chi connectivity index (χ4v) is 4.25. The molecule has 23 heavy (non-hydrogen) atoms. The van der Waals surface area contributed by atoms with Crippen LogP contribution in [0.1, 0.15) is 51.0 Å². The van der Waals surface area contributed by atoms with E-state index in [4.69, 9.17) is 10.2 Å². The van der Waals surface area contributed by atoms with Crippen molar-refractivity contribution in [3.8, 4) is 6.07 Å². The summed E-state index contributed by atoms with van der Waals surface area (Å²) in [5.74, 6) is 0.902. The van der Waals surface area contributed by atoms with Crippen molar-refractivity contribution in [1.29, 1.82) is 5.26 Å². The average molecular weight is 327 g/mol. The maximum Gasteiger partial charge on any atom is 0.262 e. The van der Waals surface area contributed by atoms with Crippen LogP contribution in [0.3, 0.4) is 0 Å². The molecule has 0 bridgehead atoms. The molecular weight excluding hydrogens is 306 g/mol. The van der Waals surface area contributed by atoms with Crippen LogP contribution in [0.2, 0.25) is 0 Å². The van der Waals surface area contributed by atoms with Crippen molar-refractivity contribution in [1.82, 2.24) is 9.55 Å². The zero-order valence-corrected chi connectivity index (χ0v) is 14.0. The molecule has 0 radical (unpaired) electrons. The predicted molar refractivity (Wildman–Crippen MR) is 93.7 cm³/mol. The molecule has 0 unspecified atom stereocenters. The van der Waals surface area contributed by atoms with Crippen molar-refractivity contribution in [2.45, 2.75) is 56.1 Å². The number of unbranched alkanes of at least 4 members (excludes halogenated alkanes) is 2. The lowest BCUT2D eigenvalue weighted by atomic mass is 10.2. The van der Waals surface area contributed by atoms with Crippen LogP contribution in [0.25, 0.3) is 10.9 Å². The van der Waals surface area contributed by atoms with E-state index in [1.807, 2.05) is 28.8 Å². The number of nitrogens with zero attached hydrogens (tertiary/aromatic N) is 3. The van der Waals surface area contributed by atoms with Crippen molar-refractivity contribution in [3.63, 3.8) is 0 Å². The van der Waals surface area contributed by atoms with E-state index in [0.29, 0.717) is 17.8 Å². The van der Waals surface area contributed by atoms with Crippen LogP contribution in [-0.2, 0) is 0 Å². The van der Waals surface area contributed by atoms with Gasteiger partial charge in [0, 0.05) is 18.2 Å². The molecule has 1 aliphatic carbocycles. The quantitative estimate of drug-likeness (QED) is 0.451. The molecule has 1 fully saturated rings. The SMILES string of the molecule is N#CCCCCSc1nc2ccccc2c(=O)n1C1CCCC1. The molecule has 120 valence electrons. The van der Waals surface area contributed by atoms with Gasteiger partial charge in [-0.25, -0.2) is 4.98 Å². The van der Waals surface area contributed by atoms with Crippen molar-refractivity contribution >= 4 is 22.7 Å². The second kappa shape index (κ2) is 7.65. The Balaban J connectivity index is 1.92. The lowest BCUT2D eigenvalue weighted by Gasteiger charge is -2.18. The number of para-hydroxylation sites is 1. The Morgan fingerprint density at radius 1 is 1.26 bits per heavy atom. The average Bonchev–Trinajstić information content (AvgIpc) is 3.09. The summed E-state index contributed by atoms with van der Waals surface area (Å²) >= 11 is 1.66. The van der Waals surface area contributed by atoms with Gasteiger partial charge >= 0.3 is 0 Å². The lowest BCUT2D eigenvalue weighted by Crippen LogP contribution is -2.26. The van der Waals surface area contributed by atoms with Crippen LogP contribution in [0, 0.1) is 11.3 Å². The largest absolute Gasteiger partial charge is 0.284 e. The van der Waals surface area contributed by atoms with Gasteiger partial charge in [0.2, 0.25) is 0 Å². The second-order valence-electron chi connectivity index (χ2n) is 5.99. The number of hydrogen-bond donors (Lipinski definition) is 0. The van der Waals surface area contributed by atoms with E-state index in [2.05, 4.69) is 6.07 Å². The summed E-state index contributed by atoms with van der Waals surface area (Å²) in [6.45, 7) is 0. The Labute approximate surface area is 140 Å². The van der Waals surface area contributed by atoms with Crippen LogP contribution in [-0.4, -0.2) is 15.3 Å². The van der Waals surface area contributed by atoms with Gasteiger partial charge in [0.25, 0.3) is 5.56 Å². The molecule has 0 N–H and O–H groups in total. The van der Waals surface area contributed by atoms with E-state index in [1.54, 1.807) is 11.8 Å². The first-order chi connectivity index (χ1) is 11.3. The topological polar surface area (TPSA) is 58.7 Å². The van der Waals surface area contributed by atoms with Gasteiger partial charge in [-0.15, -0.1) is 0 Å². The third-order valence-electron chi connectivity index (χ3n) is 4.38. The molecule has 2 aromatic rings. The zero-order valence-electron chi connectivity index (χ0n) is 13.2. The lowest BCUT2D eigenvalue weighted by molar-refractivity contribution is 0.457. The number of benzene rings is 1. The van der Waals surface area contributed by atoms with Gasteiger partial charge in [-0.05, 0) is 37.8 Å². The Kier molecular flexibility index (Phi) is 5.35. The van der Waals surface area contributed by atoms with Crippen LogP contribution in [0.4, 0.5) is 0 Å². The fraction of sp³-hybridized carbons (Fsp3) is 0.500. The van der Waals surface area contributed by atoms with E-state index < -0.39 is 0 Å². The molecule has 0 spiro atoms. The second-order valence-corrected chi connectivity index (χ2v) is 7.05. The molecule has 3 rings (SSSR count). The van der Waals surface area contributed by atoms with Crippen LogP contribution in [0.5, 0.6) is 0 Å².